The molecule has 27 heavy (non-hydrogen) atoms. The minimum absolute atomic E-state index is 0.0545. The molecule has 2 heterocycles. The fourth-order valence-corrected chi connectivity index (χ4v) is 4.31. The highest BCUT2D eigenvalue weighted by molar-refractivity contribution is 6.31. The second-order valence-corrected chi connectivity index (χ2v) is 7.65. The summed E-state index contributed by atoms with van der Waals surface area (Å²) < 4.78 is 13.3. The van der Waals surface area contributed by atoms with Crippen LogP contribution in [0, 0.1) is 17.7 Å². The summed E-state index contributed by atoms with van der Waals surface area (Å²) in [5, 5.41) is 13.7. The van der Waals surface area contributed by atoms with E-state index < -0.39 is 11.9 Å². The first-order chi connectivity index (χ1) is 13.0. The number of carbonyl (C=O) groups is 1. The SMILES string of the molecule is O=C(c1ccc(F)c(Cl)c1)N1C[C@H]2C[C@@H](Nc3cnccn3)[C@H](O)C[C@H]2C1. The molecule has 4 atom stereocenters. The van der Waals surface area contributed by atoms with E-state index in [1.54, 1.807) is 23.5 Å². The largest absolute Gasteiger partial charge is 0.391 e. The van der Waals surface area contributed by atoms with Crippen molar-refractivity contribution >= 4 is 23.3 Å². The summed E-state index contributed by atoms with van der Waals surface area (Å²) in [5.41, 5.74) is 0.384. The molecule has 2 aromatic rings. The lowest BCUT2D eigenvalue weighted by Crippen LogP contribution is -2.43. The van der Waals surface area contributed by atoms with Gasteiger partial charge < -0.3 is 15.3 Å². The van der Waals surface area contributed by atoms with Crippen LogP contribution in [0.1, 0.15) is 23.2 Å². The predicted molar refractivity (Wildman–Crippen MR) is 99.0 cm³/mol. The van der Waals surface area contributed by atoms with Crippen molar-refractivity contribution in [3.63, 3.8) is 0 Å². The van der Waals surface area contributed by atoms with Crippen LogP contribution in [-0.2, 0) is 0 Å². The van der Waals surface area contributed by atoms with Gasteiger partial charge in [-0.05, 0) is 42.9 Å². The van der Waals surface area contributed by atoms with Crippen molar-refractivity contribution in [2.24, 2.45) is 11.8 Å². The number of fused-ring (bicyclic) bond motifs is 1. The number of rotatable bonds is 3. The highest BCUT2D eigenvalue weighted by Gasteiger charge is 2.43. The third kappa shape index (κ3) is 3.75. The van der Waals surface area contributed by atoms with Crippen LogP contribution in [-0.4, -0.2) is 51.1 Å². The number of nitrogens with one attached hydrogen (secondary N) is 1. The summed E-state index contributed by atoms with van der Waals surface area (Å²) in [7, 11) is 0. The van der Waals surface area contributed by atoms with Crippen molar-refractivity contribution in [1.82, 2.24) is 14.9 Å². The van der Waals surface area contributed by atoms with Gasteiger partial charge in [0.05, 0.1) is 23.4 Å². The lowest BCUT2D eigenvalue weighted by atomic mass is 9.77. The number of halogens is 2. The summed E-state index contributed by atoms with van der Waals surface area (Å²) in [6.45, 7) is 1.21. The number of aromatic nitrogens is 2. The predicted octanol–water partition coefficient (Wildman–Crippen LogP) is 2.59. The molecule has 2 aliphatic rings. The Balaban J connectivity index is 1.43. The second-order valence-electron chi connectivity index (χ2n) is 7.24. The minimum Gasteiger partial charge on any atom is -0.391 e. The molecule has 6 nitrogen and oxygen atoms in total. The average molecular weight is 391 g/mol. The highest BCUT2D eigenvalue weighted by Crippen LogP contribution is 2.38. The van der Waals surface area contributed by atoms with Crippen molar-refractivity contribution < 1.29 is 14.3 Å². The number of aliphatic hydroxyl groups is 1. The molecule has 1 saturated carbocycles. The van der Waals surface area contributed by atoms with Crippen LogP contribution in [0.25, 0.3) is 0 Å². The van der Waals surface area contributed by atoms with E-state index in [2.05, 4.69) is 15.3 Å². The second kappa shape index (κ2) is 7.40. The number of hydrogen-bond acceptors (Lipinski definition) is 5. The number of amides is 1. The molecule has 1 aromatic heterocycles. The van der Waals surface area contributed by atoms with E-state index in [0.717, 1.165) is 6.42 Å². The molecule has 1 aromatic carbocycles. The summed E-state index contributed by atoms with van der Waals surface area (Å²) >= 11 is 5.80. The van der Waals surface area contributed by atoms with E-state index in [0.29, 0.717) is 36.8 Å². The molecule has 142 valence electrons. The molecule has 4 rings (SSSR count). The van der Waals surface area contributed by atoms with E-state index in [4.69, 9.17) is 11.6 Å². The lowest BCUT2D eigenvalue weighted by Gasteiger charge is -2.35. The number of likely N-dealkylation sites (tertiary alicyclic amines) is 1. The molecule has 0 radical (unpaired) electrons. The fourth-order valence-electron chi connectivity index (χ4n) is 4.13. The maximum Gasteiger partial charge on any atom is 0.253 e. The number of aliphatic hydroxyl groups excluding tert-OH is 1. The van der Waals surface area contributed by atoms with Crippen LogP contribution >= 0.6 is 11.6 Å². The van der Waals surface area contributed by atoms with Gasteiger partial charge in [-0.15, -0.1) is 0 Å². The van der Waals surface area contributed by atoms with Crippen LogP contribution < -0.4 is 5.32 Å². The average Bonchev–Trinajstić information content (AvgIpc) is 3.07. The molecule has 1 amide bonds. The number of hydrogen-bond donors (Lipinski definition) is 2. The zero-order valence-corrected chi connectivity index (χ0v) is 15.3. The monoisotopic (exact) mass is 390 g/mol. The number of nitrogens with zero attached hydrogens (tertiary/aromatic N) is 3. The Bertz CT molecular complexity index is 838. The Morgan fingerprint density at radius 2 is 2.04 bits per heavy atom. The summed E-state index contributed by atoms with van der Waals surface area (Å²) in [6, 6.07) is 3.91. The van der Waals surface area contributed by atoms with Gasteiger partial charge in [-0.3, -0.25) is 9.78 Å². The van der Waals surface area contributed by atoms with Gasteiger partial charge in [-0.2, -0.15) is 0 Å². The molecular weight excluding hydrogens is 371 g/mol. The lowest BCUT2D eigenvalue weighted by molar-refractivity contribution is 0.0727. The maximum absolute atomic E-state index is 13.3. The van der Waals surface area contributed by atoms with Crippen LogP contribution in [0.4, 0.5) is 10.2 Å². The van der Waals surface area contributed by atoms with Gasteiger partial charge in [-0.25, -0.2) is 9.37 Å². The smallest absolute Gasteiger partial charge is 0.253 e. The van der Waals surface area contributed by atoms with Gasteiger partial charge >= 0.3 is 0 Å². The molecule has 1 aliphatic heterocycles. The van der Waals surface area contributed by atoms with Gasteiger partial charge in [0.2, 0.25) is 0 Å². The molecule has 0 unspecified atom stereocenters. The van der Waals surface area contributed by atoms with E-state index >= 15 is 0 Å². The first-order valence-corrected chi connectivity index (χ1v) is 9.34. The molecule has 1 saturated heterocycles. The quantitative estimate of drug-likeness (QED) is 0.842. The molecular formula is C19H20ClFN4O2. The zero-order valence-electron chi connectivity index (χ0n) is 14.6. The number of benzene rings is 1. The zero-order chi connectivity index (χ0) is 19.0. The Morgan fingerprint density at radius 3 is 2.74 bits per heavy atom. The molecule has 0 bridgehead atoms. The van der Waals surface area contributed by atoms with E-state index in [1.807, 2.05) is 0 Å². The van der Waals surface area contributed by atoms with Crippen molar-refractivity contribution in [1.29, 1.82) is 0 Å². The van der Waals surface area contributed by atoms with Crippen molar-refractivity contribution in [3.05, 3.63) is 53.2 Å². The van der Waals surface area contributed by atoms with Crippen LogP contribution in [0.15, 0.2) is 36.8 Å². The summed E-state index contributed by atoms with van der Waals surface area (Å²) in [6.07, 6.45) is 5.68. The van der Waals surface area contributed by atoms with E-state index in [1.165, 1.54) is 18.2 Å². The molecule has 2 fully saturated rings. The van der Waals surface area contributed by atoms with Gasteiger partial charge in [0.25, 0.3) is 5.91 Å². The number of anilines is 1. The van der Waals surface area contributed by atoms with Crippen LogP contribution in [0.5, 0.6) is 0 Å². The molecule has 2 N–H and O–H groups in total. The van der Waals surface area contributed by atoms with Gasteiger partial charge in [0.15, 0.2) is 0 Å². The van der Waals surface area contributed by atoms with Crippen molar-refractivity contribution in [3.8, 4) is 0 Å². The van der Waals surface area contributed by atoms with Crippen LogP contribution in [0.3, 0.4) is 0 Å². The Labute approximate surface area is 161 Å². The first-order valence-electron chi connectivity index (χ1n) is 8.96. The third-order valence-electron chi connectivity index (χ3n) is 5.49. The minimum atomic E-state index is -0.538. The molecule has 1 aliphatic carbocycles. The van der Waals surface area contributed by atoms with Gasteiger partial charge in [0, 0.05) is 31.0 Å². The van der Waals surface area contributed by atoms with Gasteiger partial charge in [0.1, 0.15) is 11.6 Å². The van der Waals surface area contributed by atoms with Crippen molar-refractivity contribution in [2.45, 2.75) is 25.0 Å². The Hall–Kier alpha value is -2.25. The number of carbonyl (C=O) groups excluding carboxylic acids is 1. The topological polar surface area (TPSA) is 78.4 Å². The summed E-state index contributed by atoms with van der Waals surface area (Å²) in [5.74, 6) is 0.484. The third-order valence-corrected chi connectivity index (χ3v) is 5.78. The Morgan fingerprint density at radius 1 is 1.26 bits per heavy atom. The van der Waals surface area contributed by atoms with Gasteiger partial charge in [-0.1, -0.05) is 11.6 Å². The molecule has 8 heteroatoms. The standard InChI is InChI=1S/C19H20ClFN4O2/c20-14-5-11(1-2-15(14)21)19(27)25-9-12-6-16(17(26)7-13(12)10-25)24-18-8-22-3-4-23-18/h1-5,8,12-13,16-17,26H,6-7,9-10H2,(H,23,24)/t12-,13+,16-,17-/m1/s1. The summed E-state index contributed by atoms with van der Waals surface area (Å²) in [4.78, 5) is 22.8. The highest BCUT2D eigenvalue weighted by atomic mass is 35.5. The molecule has 0 spiro atoms. The fraction of sp³-hybridized carbons (Fsp3) is 0.421. The van der Waals surface area contributed by atoms with Crippen molar-refractivity contribution in [2.75, 3.05) is 18.4 Å². The Kier molecular flexibility index (Phi) is 4.97. The van der Waals surface area contributed by atoms with E-state index in [-0.39, 0.29) is 22.9 Å². The first kappa shape index (κ1) is 18.1. The van der Waals surface area contributed by atoms with Crippen LogP contribution in [0.2, 0.25) is 5.02 Å². The van der Waals surface area contributed by atoms with E-state index in [9.17, 15) is 14.3 Å². The normalized spacial score (nSPS) is 27.3. The maximum atomic E-state index is 13.3.